The van der Waals surface area contributed by atoms with Gasteiger partial charge in [-0.3, -0.25) is 10.0 Å². The molecular weight excluding hydrogens is 521 g/mol. The van der Waals surface area contributed by atoms with E-state index in [-0.39, 0.29) is 21.9 Å². The summed E-state index contributed by atoms with van der Waals surface area (Å²) in [5.41, 5.74) is -2.30. The van der Waals surface area contributed by atoms with E-state index in [2.05, 4.69) is 0 Å². The van der Waals surface area contributed by atoms with Crippen LogP contribution >= 0.6 is 23.5 Å². The Morgan fingerprint density at radius 3 is 2.11 bits per heavy atom. The molecule has 1 amide bonds. The smallest absolute Gasteiger partial charge is 0.289 e. The van der Waals surface area contributed by atoms with Gasteiger partial charge >= 0.3 is 5.51 Å². The van der Waals surface area contributed by atoms with Crippen LogP contribution in [0.5, 0.6) is 0 Å². The van der Waals surface area contributed by atoms with E-state index in [0.717, 1.165) is 4.90 Å². The van der Waals surface area contributed by atoms with Gasteiger partial charge in [-0.05, 0) is 61.4 Å². The second kappa shape index (κ2) is 13.7. The highest BCUT2D eigenvalue weighted by molar-refractivity contribution is 8.00. The molecule has 1 heterocycles. The van der Waals surface area contributed by atoms with Crippen LogP contribution in [0, 0.1) is 0 Å². The molecule has 0 aliphatic carbocycles. The van der Waals surface area contributed by atoms with Crippen LogP contribution in [0.1, 0.15) is 39.2 Å². The van der Waals surface area contributed by atoms with Gasteiger partial charge in [0, 0.05) is 28.1 Å². The SMILES string of the molecule is CC.CC(C(=O)NO)(c1ccccc1)S(=O)ON1CCC(Sc2ccc(SC(F)(F)F)cc2)CC1. The molecule has 0 saturated carbocycles. The topological polar surface area (TPSA) is 78.9 Å². The average molecular weight is 551 g/mol. The predicted octanol–water partition coefficient (Wildman–Crippen LogP) is 5.90. The Labute approximate surface area is 214 Å². The number of hydrogen-bond acceptors (Lipinski definition) is 7. The Hall–Kier alpha value is -1.57. The van der Waals surface area contributed by atoms with E-state index in [9.17, 15) is 27.4 Å². The highest BCUT2D eigenvalue weighted by Crippen LogP contribution is 2.38. The van der Waals surface area contributed by atoms with Gasteiger partial charge in [-0.25, -0.2) is 9.69 Å². The maximum Gasteiger partial charge on any atom is 0.446 e. The third kappa shape index (κ3) is 8.50. The third-order valence-corrected chi connectivity index (χ3v) is 8.65. The van der Waals surface area contributed by atoms with Crippen molar-refractivity contribution in [2.45, 2.75) is 58.9 Å². The van der Waals surface area contributed by atoms with E-state index in [0.29, 0.717) is 31.5 Å². The van der Waals surface area contributed by atoms with Crippen LogP contribution in [-0.4, -0.2) is 44.2 Å². The lowest BCUT2D eigenvalue weighted by atomic mass is 10.00. The van der Waals surface area contributed by atoms with E-state index >= 15 is 0 Å². The minimum Gasteiger partial charge on any atom is -0.289 e. The molecule has 12 heteroatoms. The fourth-order valence-corrected chi connectivity index (χ4v) is 5.95. The van der Waals surface area contributed by atoms with Crippen LogP contribution < -0.4 is 5.48 Å². The number of nitrogens with one attached hydrogen (secondary N) is 1. The Balaban J connectivity index is 0.00000210. The van der Waals surface area contributed by atoms with Crippen molar-refractivity contribution in [1.82, 2.24) is 10.5 Å². The van der Waals surface area contributed by atoms with Gasteiger partial charge in [-0.2, -0.15) is 22.5 Å². The molecule has 35 heavy (non-hydrogen) atoms. The number of benzene rings is 2. The number of hydrogen-bond donors (Lipinski definition) is 2. The van der Waals surface area contributed by atoms with E-state index < -0.39 is 27.2 Å². The van der Waals surface area contributed by atoms with Gasteiger partial charge in [-0.1, -0.05) is 44.2 Å². The summed E-state index contributed by atoms with van der Waals surface area (Å²) in [5, 5.41) is 10.9. The van der Waals surface area contributed by atoms with Crippen molar-refractivity contribution in [2.75, 3.05) is 13.1 Å². The predicted molar refractivity (Wildman–Crippen MR) is 133 cm³/mol. The Morgan fingerprint density at radius 2 is 1.60 bits per heavy atom. The van der Waals surface area contributed by atoms with Crippen LogP contribution in [0.4, 0.5) is 13.2 Å². The number of carbonyl (C=O) groups excluding carboxylic acids is 1. The standard InChI is InChI=1S/C21H23F3N2O4S3.C2H6/c1-20(19(27)25-28,15-5-3-2-4-6-15)33(29)30-26-13-11-17(12-14-26)31-16-7-9-18(10-8-16)32-21(22,23)24;1-2/h2-10,17,28H,11-14H2,1H3,(H,25,27);1-2H3. The number of thioether (sulfide) groups is 2. The van der Waals surface area contributed by atoms with Crippen molar-refractivity contribution in [3.63, 3.8) is 0 Å². The number of halogens is 3. The fourth-order valence-electron chi connectivity index (χ4n) is 3.27. The summed E-state index contributed by atoms with van der Waals surface area (Å²) in [4.78, 5) is 13.4. The van der Waals surface area contributed by atoms with Crippen LogP contribution in [0.25, 0.3) is 0 Å². The normalized spacial score (nSPS) is 17.6. The first-order chi connectivity index (χ1) is 16.6. The Bertz CT molecular complexity index is 957. The molecule has 1 aliphatic rings. The molecule has 2 aromatic carbocycles. The van der Waals surface area contributed by atoms with E-state index in [4.69, 9.17) is 4.28 Å². The molecule has 3 rings (SSSR count). The van der Waals surface area contributed by atoms with Gasteiger partial charge in [0.25, 0.3) is 5.91 Å². The van der Waals surface area contributed by atoms with Crippen LogP contribution in [0.3, 0.4) is 0 Å². The van der Waals surface area contributed by atoms with Crippen molar-refractivity contribution in [3.05, 3.63) is 60.2 Å². The summed E-state index contributed by atoms with van der Waals surface area (Å²) in [6.07, 6.45) is 1.41. The second-order valence-corrected chi connectivity index (χ2v) is 11.4. The lowest BCUT2D eigenvalue weighted by Gasteiger charge is -2.33. The first kappa shape index (κ1) is 29.7. The molecule has 1 aliphatic heterocycles. The van der Waals surface area contributed by atoms with Crippen LogP contribution in [-0.2, 0) is 24.9 Å². The number of hydroxylamine groups is 3. The number of amides is 1. The third-order valence-electron chi connectivity index (χ3n) is 5.13. The van der Waals surface area contributed by atoms with Crippen molar-refractivity contribution in [1.29, 1.82) is 0 Å². The molecule has 1 fully saturated rings. The summed E-state index contributed by atoms with van der Waals surface area (Å²) in [7, 11) is 0. The molecule has 0 spiro atoms. The molecule has 0 radical (unpaired) electrons. The van der Waals surface area contributed by atoms with Gasteiger partial charge in [0.2, 0.25) is 0 Å². The Morgan fingerprint density at radius 1 is 1.06 bits per heavy atom. The largest absolute Gasteiger partial charge is 0.446 e. The minimum atomic E-state index is -4.31. The van der Waals surface area contributed by atoms with Gasteiger partial charge in [0.05, 0.1) is 0 Å². The fraction of sp³-hybridized carbons (Fsp3) is 0.435. The quantitative estimate of drug-likeness (QED) is 0.241. The van der Waals surface area contributed by atoms with Gasteiger partial charge in [-0.15, -0.1) is 11.8 Å². The molecule has 2 unspecified atom stereocenters. The molecule has 0 bridgehead atoms. The number of carbonyl (C=O) groups is 1. The number of piperidine rings is 1. The Kier molecular flexibility index (Phi) is 11.6. The van der Waals surface area contributed by atoms with Crippen molar-refractivity contribution >= 4 is 40.5 Å². The van der Waals surface area contributed by atoms with Gasteiger partial charge < -0.3 is 0 Å². The molecule has 2 atom stereocenters. The zero-order valence-corrected chi connectivity index (χ0v) is 22.0. The van der Waals surface area contributed by atoms with E-state index in [1.165, 1.54) is 19.1 Å². The molecule has 1 saturated heterocycles. The number of nitrogens with zero attached hydrogens (tertiary/aromatic N) is 1. The lowest BCUT2D eigenvalue weighted by Crippen LogP contribution is -2.47. The number of alkyl halides is 3. The average Bonchev–Trinajstić information content (AvgIpc) is 2.86. The second-order valence-electron chi connectivity index (χ2n) is 7.41. The number of rotatable bonds is 8. The first-order valence-electron chi connectivity index (χ1n) is 11.0. The van der Waals surface area contributed by atoms with Gasteiger partial charge in [0.1, 0.15) is 0 Å². The summed E-state index contributed by atoms with van der Waals surface area (Å²) < 4.78 is 54.4. The van der Waals surface area contributed by atoms with Crippen molar-refractivity contribution < 1.29 is 31.7 Å². The van der Waals surface area contributed by atoms with E-state index in [1.54, 1.807) is 64.8 Å². The van der Waals surface area contributed by atoms with Crippen molar-refractivity contribution in [3.8, 4) is 0 Å². The molecule has 2 N–H and O–H groups in total. The monoisotopic (exact) mass is 550 g/mol. The highest BCUT2D eigenvalue weighted by atomic mass is 32.2. The van der Waals surface area contributed by atoms with Crippen LogP contribution in [0.2, 0.25) is 0 Å². The molecule has 6 nitrogen and oxygen atoms in total. The molecule has 2 aromatic rings. The minimum absolute atomic E-state index is 0.140. The van der Waals surface area contributed by atoms with Gasteiger partial charge in [0.15, 0.2) is 15.8 Å². The van der Waals surface area contributed by atoms with E-state index in [1.807, 2.05) is 13.8 Å². The van der Waals surface area contributed by atoms with Crippen molar-refractivity contribution in [2.24, 2.45) is 0 Å². The zero-order chi connectivity index (χ0) is 26.1. The summed E-state index contributed by atoms with van der Waals surface area (Å²) in [5.74, 6) is -0.843. The maximum absolute atomic E-state index is 13.0. The summed E-state index contributed by atoms with van der Waals surface area (Å²) >= 11 is -0.672. The summed E-state index contributed by atoms with van der Waals surface area (Å²) in [6, 6.07) is 14.7. The maximum atomic E-state index is 13.0. The molecule has 0 aromatic heterocycles. The lowest BCUT2D eigenvalue weighted by molar-refractivity contribution is -0.132. The zero-order valence-electron chi connectivity index (χ0n) is 19.6. The first-order valence-corrected chi connectivity index (χ1v) is 13.8. The van der Waals surface area contributed by atoms with Crippen LogP contribution in [0.15, 0.2) is 64.4 Å². The molecular formula is C23H29F3N2O4S3. The summed E-state index contributed by atoms with van der Waals surface area (Å²) in [6.45, 7) is 6.38. The molecule has 194 valence electrons. The highest BCUT2D eigenvalue weighted by Gasteiger charge is 2.44.